The molecule has 4 aliphatic carbocycles. The Balaban J connectivity index is 1.52. The highest BCUT2D eigenvalue weighted by molar-refractivity contribution is 5.83. The third-order valence-electron chi connectivity index (χ3n) is 8.71. The number of hydrogen-bond donors (Lipinski definition) is 1. The average molecular weight is 381 g/mol. The zero-order valence-electron chi connectivity index (χ0n) is 16.5. The van der Waals surface area contributed by atoms with Crippen LogP contribution in [0, 0.1) is 40.9 Å². The van der Waals surface area contributed by atoms with Crippen molar-refractivity contribution in [3.8, 4) is 0 Å². The molecule has 0 aliphatic heterocycles. The van der Waals surface area contributed by atoms with E-state index in [1.54, 1.807) is 0 Å². The molecule has 0 saturated heterocycles. The monoisotopic (exact) mass is 380 g/mol. The first kappa shape index (κ1) is 19.4. The Hall–Kier alpha value is -0.970. The van der Waals surface area contributed by atoms with Crippen molar-refractivity contribution < 1.29 is 23.8 Å². The zero-order valence-corrected chi connectivity index (χ0v) is 16.5. The fourth-order valence-corrected chi connectivity index (χ4v) is 7.80. The number of esters is 1. The van der Waals surface area contributed by atoms with Crippen LogP contribution in [-0.2, 0) is 14.3 Å². The van der Waals surface area contributed by atoms with Crippen molar-refractivity contribution in [2.75, 3.05) is 6.61 Å². The second-order valence-corrected chi connectivity index (χ2v) is 9.87. The topological polar surface area (TPSA) is 63.6 Å². The van der Waals surface area contributed by atoms with E-state index in [0.717, 1.165) is 44.9 Å². The van der Waals surface area contributed by atoms with Crippen molar-refractivity contribution in [1.82, 2.24) is 0 Å². The number of aliphatic hydroxyl groups is 1. The van der Waals surface area contributed by atoms with Crippen molar-refractivity contribution in [1.29, 1.82) is 0 Å². The van der Waals surface area contributed by atoms with Gasteiger partial charge in [-0.1, -0.05) is 6.92 Å². The number of Topliss-reactive ketones (excluding diaryl/α,β-unsaturated/α-hetero) is 1. The van der Waals surface area contributed by atoms with Gasteiger partial charge in [0.1, 0.15) is 18.9 Å². The Kier molecular flexibility index (Phi) is 5.11. The molecule has 0 aromatic carbocycles. The average Bonchev–Trinajstić information content (AvgIpc) is 2.96. The van der Waals surface area contributed by atoms with E-state index >= 15 is 4.39 Å². The van der Waals surface area contributed by atoms with Gasteiger partial charge in [-0.15, -0.1) is 0 Å². The molecular weight excluding hydrogens is 347 g/mol. The number of hydrogen-bond acceptors (Lipinski definition) is 4. The van der Waals surface area contributed by atoms with Crippen LogP contribution >= 0.6 is 0 Å². The van der Waals surface area contributed by atoms with Crippen LogP contribution in [0.2, 0.25) is 0 Å². The molecule has 4 nitrogen and oxygen atoms in total. The number of ketones is 1. The molecule has 5 heteroatoms. The smallest absolute Gasteiger partial charge is 0.302 e. The number of carbonyl (C=O) groups is 2. The Labute approximate surface area is 161 Å². The lowest BCUT2D eigenvalue weighted by Crippen LogP contribution is -2.54. The first-order valence-electron chi connectivity index (χ1n) is 10.8. The summed E-state index contributed by atoms with van der Waals surface area (Å²) in [6.07, 6.45) is 6.21. The first-order chi connectivity index (χ1) is 12.8. The summed E-state index contributed by atoms with van der Waals surface area (Å²) in [4.78, 5) is 23.6. The van der Waals surface area contributed by atoms with Gasteiger partial charge in [0.25, 0.3) is 0 Å². The maximum Gasteiger partial charge on any atom is 0.302 e. The summed E-state index contributed by atoms with van der Waals surface area (Å²) in [5, 5.41) is 9.36. The largest absolute Gasteiger partial charge is 0.463 e. The summed E-state index contributed by atoms with van der Waals surface area (Å²) >= 11 is 0. The minimum Gasteiger partial charge on any atom is -0.463 e. The number of fused-ring (bicyclic) bond motifs is 5. The maximum atomic E-state index is 15.6. The molecule has 152 valence electrons. The molecule has 27 heavy (non-hydrogen) atoms. The zero-order chi connectivity index (χ0) is 19.3. The lowest BCUT2D eigenvalue weighted by Gasteiger charge is -2.57. The molecule has 0 amide bonds. The van der Waals surface area contributed by atoms with Crippen LogP contribution in [0.15, 0.2) is 0 Å². The van der Waals surface area contributed by atoms with E-state index in [9.17, 15) is 14.7 Å². The second kappa shape index (κ2) is 7.13. The molecule has 4 rings (SSSR count). The normalized spacial score (nSPS) is 48.9. The molecule has 0 unspecified atom stereocenters. The molecule has 0 aromatic rings. The Bertz CT molecular complexity index is 607. The maximum absolute atomic E-state index is 15.6. The van der Waals surface area contributed by atoms with E-state index in [1.165, 1.54) is 6.92 Å². The van der Waals surface area contributed by atoms with Gasteiger partial charge in [0.15, 0.2) is 5.78 Å². The van der Waals surface area contributed by atoms with Crippen molar-refractivity contribution in [2.45, 2.75) is 77.5 Å². The third-order valence-corrected chi connectivity index (χ3v) is 8.71. The molecule has 4 aliphatic rings. The highest BCUT2D eigenvalue weighted by Gasteiger charge is 2.61. The Morgan fingerprint density at radius 3 is 2.56 bits per heavy atom. The van der Waals surface area contributed by atoms with Crippen molar-refractivity contribution in [2.24, 2.45) is 40.9 Å². The molecule has 9 atom stereocenters. The molecule has 1 N–H and O–H groups in total. The van der Waals surface area contributed by atoms with E-state index in [0.29, 0.717) is 30.1 Å². The highest BCUT2D eigenvalue weighted by Crippen LogP contribution is 2.64. The number of ether oxygens (including phenoxy) is 1. The van der Waals surface area contributed by atoms with Crippen LogP contribution in [0.25, 0.3) is 0 Å². The summed E-state index contributed by atoms with van der Waals surface area (Å²) in [7, 11) is 0. The summed E-state index contributed by atoms with van der Waals surface area (Å²) in [6, 6.07) is 0. The summed E-state index contributed by atoms with van der Waals surface area (Å²) in [5.74, 6) is 1.23. The standard InChI is InChI=1S/C22H33FO4/c1-12(25)27-14-4-6-15-13(9-14)3-5-16-17-7-8-18(20(26)11-24)22(17,2)10-19(23)21(15)16/h13-19,21,24H,3-11H2,1-2H3/t13-,14+,15+,16+,17+,18-,19-,21-,22+/m1/s1. The van der Waals surface area contributed by atoms with E-state index in [1.807, 2.05) is 0 Å². The molecule has 0 spiro atoms. The van der Waals surface area contributed by atoms with E-state index in [4.69, 9.17) is 4.74 Å². The lowest BCUT2D eigenvalue weighted by molar-refractivity contribution is -0.156. The highest BCUT2D eigenvalue weighted by atomic mass is 19.1. The number of rotatable bonds is 3. The predicted octanol–water partition coefficient (Wildman–Crippen LogP) is 3.70. The van der Waals surface area contributed by atoms with Crippen LogP contribution in [0.4, 0.5) is 4.39 Å². The second-order valence-electron chi connectivity index (χ2n) is 9.87. The van der Waals surface area contributed by atoms with E-state index in [2.05, 4.69) is 6.92 Å². The van der Waals surface area contributed by atoms with Crippen LogP contribution in [0.1, 0.15) is 65.2 Å². The third kappa shape index (κ3) is 3.14. The number of alkyl halides is 1. The minimum absolute atomic E-state index is 0.00487. The van der Waals surface area contributed by atoms with Gasteiger partial charge in [-0.3, -0.25) is 9.59 Å². The Morgan fingerprint density at radius 2 is 1.85 bits per heavy atom. The molecule has 0 bridgehead atoms. The summed E-state index contributed by atoms with van der Waals surface area (Å²) < 4.78 is 21.0. The molecule has 4 saturated carbocycles. The number of halogens is 1. The molecule has 0 aromatic heterocycles. The Morgan fingerprint density at radius 1 is 1.11 bits per heavy atom. The van der Waals surface area contributed by atoms with Gasteiger partial charge in [-0.25, -0.2) is 4.39 Å². The van der Waals surface area contributed by atoms with Crippen LogP contribution in [0.5, 0.6) is 0 Å². The van der Waals surface area contributed by atoms with Gasteiger partial charge in [0.2, 0.25) is 0 Å². The molecular formula is C22H33FO4. The van der Waals surface area contributed by atoms with Gasteiger partial charge in [0.05, 0.1) is 0 Å². The fraction of sp³-hybridized carbons (Fsp3) is 0.909. The van der Waals surface area contributed by atoms with Crippen LogP contribution in [-0.4, -0.2) is 35.7 Å². The molecule has 0 heterocycles. The first-order valence-corrected chi connectivity index (χ1v) is 10.8. The minimum atomic E-state index is -0.860. The lowest BCUT2D eigenvalue weighted by atomic mass is 9.49. The van der Waals surface area contributed by atoms with Crippen LogP contribution < -0.4 is 0 Å². The summed E-state index contributed by atoms with van der Waals surface area (Å²) in [5.41, 5.74) is -0.290. The van der Waals surface area contributed by atoms with Gasteiger partial charge in [-0.2, -0.15) is 0 Å². The van der Waals surface area contributed by atoms with Gasteiger partial charge >= 0.3 is 5.97 Å². The SMILES string of the molecule is CC(=O)O[C@H]1CC[C@H]2[C@H](CC[C@@H]3[C@@H]2[C@H](F)C[C@]2(C)[C@@H](C(=O)CO)CC[C@@H]32)C1. The summed E-state index contributed by atoms with van der Waals surface area (Å²) in [6.45, 7) is 3.16. The van der Waals surface area contributed by atoms with Crippen molar-refractivity contribution >= 4 is 11.8 Å². The van der Waals surface area contributed by atoms with Crippen LogP contribution in [0.3, 0.4) is 0 Å². The predicted molar refractivity (Wildman–Crippen MR) is 98.5 cm³/mol. The molecule has 0 radical (unpaired) electrons. The van der Waals surface area contributed by atoms with Crippen molar-refractivity contribution in [3.05, 3.63) is 0 Å². The number of aliphatic hydroxyl groups excluding tert-OH is 1. The van der Waals surface area contributed by atoms with Crippen molar-refractivity contribution in [3.63, 3.8) is 0 Å². The number of carbonyl (C=O) groups excluding carboxylic acids is 2. The van der Waals surface area contributed by atoms with E-state index in [-0.39, 0.29) is 35.1 Å². The van der Waals surface area contributed by atoms with Gasteiger partial charge in [0, 0.05) is 12.8 Å². The fourth-order valence-electron chi connectivity index (χ4n) is 7.80. The molecule has 4 fully saturated rings. The quantitative estimate of drug-likeness (QED) is 0.759. The van der Waals surface area contributed by atoms with Gasteiger partial charge in [-0.05, 0) is 86.4 Å². The van der Waals surface area contributed by atoms with E-state index < -0.39 is 12.8 Å². The van der Waals surface area contributed by atoms with Gasteiger partial charge < -0.3 is 9.84 Å².